The van der Waals surface area contributed by atoms with E-state index in [-0.39, 0.29) is 17.9 Å². The topological polar surface area (TPSA) is 72.5 Å². The van der Waals surface area contributed by atoms with Crippen LogP contribution in [0.5, 0.6) is 0 Å². The van der Waals surface area contributed by atoms with Crippen molar-refractivity contribution in [2.75, 3.05) is 39.3 Å². The third-order valence-corrected chi connectivity index (χ3v) is 9.46. The number of amides is 2. The third kappa shape index (κ3) is 7.98. The van der Waals surface area contributed by atoms with Gasteiger partial charge in [-0.05, 0) is 68.6 Å². The van der Waals surface area contributed by atoms with E-state index in [4.69, 9.17) is 4.84 Å². The van der Waals surface area contributed by atoms with Crippen molar-refractivity contribution in [3.8, 4) is 0 Å². The molecule has 0 radical (unpaired) electrons. The summed E-state index contributed by atoms with van der Waals surface area (Å²) in [4.78, 5) is 45.9. The van der Waals surface area contributed by atoms with Crippen LogP contribution in [0.15, 0.2) is 42.5 Å². The second-order valence-electron chi connectivity index (χ2n) is 13.7. The fourth-order valence-electron chi connectivity index (χ4n) is 7.31. The molecule has 9 heteroatoms. The van der Waals surface area contributed by atoms with Crippen LogP contribution in [-0.4, -0.2) is 105 Å². The predicted octanol–water partition coefficient (Wildman–Crippen LogP) is 4.59. The smallest absolute Gasteiger partial charge is 0.276 e. The van der Waals surface area contributed by atoms with Crippen molar-refractivity contribution in [3.63, 3.8) is 0 Å². The standard InChI is InChI=1S/C34H52N6O3/c1-25(2)20-31-22-38(30-13-18-37(19-14-30)29-11-16-36(17-12-29)27(5)41)24-33-39(31)23-32(21-26(3)4)43-40(33)34(42)10-9-28-8-6-7-15-35-28/h6-10,15,24-26,29-32H,11-14,16-23H2,1-5H3/b10-9+/t31-,32+/m0/s1. The van der Waals surface area contributed by atoms with Gasteiger partial charge < -0.3 is 19.6 Å². The first kappa shape index (κ1) is 31.5. The zero-order chi connectivity index (χ0) is 30.5. The Labute approximate surface area is 258 Å². The molecule has 0 aromatic carbocycles. The summed E-state index contributed by atoms with van der Waals surface area (Å²) < 4.78 is 0. The summed E-state index contributed by atoms with van der Waals surface area (Å²) >= 11 is 0. The van der Waals surface area contributed by atoms with Gasteiger partial charge in [-0.1, -0.05) is 33.8 Å². The zero-order valence-corrected chi connectivity index (χ0v) is 26.9. The number of carbonyl (C=O) groups is 2. The van der Waals surface area contributed by atoms with Crippen LogP contribution in [0.4, 0.5) is 0 Å². The van der Waals surface area contributed by atoms with Gasteiger partial charge in [-0.2, -0.15) is 5.06 Å². The summed E-state index contributed by atoms with van der Waals surface area (Å²) in [5, 5.41) is 1.56. The Bertz CT molecular complexity index is 1140. The normalized spacial score (nSPS) is 24.7. The molecule has 2 atom stereocenters. The van der Waals surface area contributed by atoms with Gasteiger partial charge in [-0.15, -0.1) is 0 Å². The second-order valence-corrected chi connectivity index (χ2v) is 13.7. The van der Waals surface area contributed by atoms with Crippen LogP contribution in [0.1, 0.15) is 78.8 Å². The second kappa shape index (κ2) is 14.2. The van der Waals surface area contributed by atoms with Crippen molar-refractivity contribution in [2.45, 2.75) is 97.4 Å². The molecule has 0 N–H and O–H groups in total. The molecule has 5 rings (SSSR count). The highest BCUT2D eigenvalue weighted by Crippen LogP contribution is 2.34. The number of likely N-dealkylation sites (tertiary alicyclic amines) is 2. The average Bonchev–Trinajstić information content (AvgIpc) is 2.99. The number of fused-ring (bicyclic) bond motifs is 1. The van der Waals surface area contributed by atoms with Crippen molar-refractivity contribution in [3.05, 3.63) is 48.2 Å². The number of aromatic nitrogens is 1. The van der Waals surface area contributed by atoms with E-state index < -0.39 is 0 Å². The number of pyridine rings is 1. The molecule has 0 spiro atoms. The summed E-state index contributed by atoms with van der Waals surface area (Å²) in [6, 6.07) is 7.03. The van der Waals surface area contributed by atoms with Crippen molar-refractivity contribution >= 4 is 17.9 Å². The lowest BCUT2D eigenvalue weighted by molar-refractivity contribution is -0.228. The summed E-state index contributed by atoms with van der Waals surface area (Å²) in [6.45, 7) is 16.4. The Kier molecular flexibility index (Phi) is 10.4. The van der Waals surface area contributed by atoms with Crippen molar-refractivity contribution in [1.82, 2.24) is 29.6 Å². The highest BCUT2D eigenvalue weighted by Gasteiger charge is 2.42. The molecule has 5 heterocycles. The van der Waals surface area contributed by atoms with Crippen LogP contribution in [0.2, 0.25) is 0 Å². The third-order valence-electron chi connectivity index (χ3n) is 9.46. The van der Waals surface area contributed by atoms with Crippen LogP contribution in [0, 0.1) is 11.8 Å². The maximum Gasteiger partial charge on any atom is 0.276 e. The molecule has 43 heavy (non-hydrogen) atoms. The van der Waals surface area contributed by atoms with E-state index in [1.54, 1.807) is 30.3 Å². The van der Waals surface area contributed by atoms with Gasteiger partial charge in [0.2, 0.25) is 5.91 Å². The molecule has 4 aliphatic rings. The molecule has 3 fully saturated rings. The predicted molar refractivity (Wildman–Crippen MR) is 169 cm³/mol. The monoisotopic (exact) mass is 592 g/mol. The number of carbonyl (C=O) groups excluding carboxylic acids is 2. The minimum absolute atomic E-state index is 0.0387. The molecule has 0 bridgehead atoms. The van der Waals surface area contributed by atoms with Crippen LogP contribution in [-0.2, 0) is 14.4 Å². The minimum atomic E-state index is -0.174. The van der Waals surface area contributed by atoms with Crippen LogP contribution >= 0.6 is 0 Å². The molecule has 9 nitrogen and oxygen atoms in total. The molecule has 0 saturated carbocycles. The molecular formula is C34H52N6O3. The molecule has 1 aromatic rings. The number of hydrogen-bond acceptors (Lipinski definition) is 7. The molecule has 0 unspecified atom stereocenters. The van der Waals surface area contributed by atoms with E-state index in [2.05, 4.69) is 53.6 Å². The minimum Gasteiger partial charge on any atom is -0.369 e. The lowest BCUT2D eigenvalue weighted by Gasteiger charge is -2.52. The van der Waals surface area contributed by atoms with Gasteiger partial charge in [-0.25, -0.2) is 0 Å². The van der Waals surface area contributed by atoms with Crippen LogP contribution in [0.3, 0.4) is 0 Å². The van der Waals surface area contributed by atoms with Crippen LogP contribution < -0.4 is 0 Å². The largest absolute Gasteiger partial charge is 0.369 e. The maximum atomic E-state index is 13.7. The highest BCUT2D eigenvalue weighted by atomic mass is 16.7. The number of nitrogens with zero attached hydrogens (tertiary/aromatic N) is 6. The van der Waals surface area contributed by atoms with Gasteiger partial charge in [0.05, 0.1) is 5.69 Å². The SMILES string of the molecule is CC(=O)N1CCC(N2CCC(N3C=C4N(C(=O)/C=C/c5ccccn5)O[C@H](CC(C)C)CN4[C@@H](CC(C)C)C3)CC2)CC1. The highest BCUT2D eigenvalue weighted by molar-refractivity contribution is 5.92. The van der Waals surface area contributed by atoms with E-state index in [0.717, 1.165) is 89.3 Å². The Hall–Kier alpha value is -2.91. The summed E-state index contributed by atoms with van der Waals surface area (Å²) in [7, 11) is 0. The zero-order valence-electron chi connectivity index (χ0n) is 26.9. The Morgan fingerprint density at radius 3 is 2.28 bits per heavy atom. The van der Waals surface area contributed by atoms with Crippen molar-refractivity contribution < 1.29 is 14.4 Å². The number of piperidine rings is 2. The molecule has 236 valence electrons. The number of hydroxylamine groups is 2. The molecule has 4 aliphatic heterocycles. The average molecular weight is 593 g/mol. The summed E-state index contributed by atoms with van der Waals surface area (Å²) in [5.74, 6) is 1.91. The van der Waals surface area contributed by atoms with E-state index in [0.29, 0.717) is 30.0 Å². The summed E-state index contributed by atoms with van der Waals surface area (Å²) in [6.07, 6.45) is 13.6. The maximum absolute atomic E-state index is 13.7. The Morgan fingerprint density at radius 2 is 1.65 bits per heavy atom. The van der Waals surface area contributed by atoms with E-state index in [1.165, 1.54) is 0 Å². The number of hydrogen-bond donors (Lipinski definition) is 0. The van der Waals surface area contributed by atoms with Gasteiger partial charge in [0.25, 0.3) is 5.91 Å². The molecule has 0 aliphatic carbocycles. The molecule has 1 aromatic heterocycles. The fraction of sp³-hybridized carbons (Fsp3) is 0.676. The first-order valence-electron chi connectivity index (χ1n) is 16.5. The first-order chi connectivity index (χ1) is 20.7. The molecule has 3 saturated heterocycles. The van der Waals surface area contributed by atoms with Crippen molar-refractivity contribution in [1.29, 1.82) is 0 Å². The van der Waals surface area contributed by atoms with Gasteiger partial charge in [-0.3, -0.25) is 19.4 Å². The van der Waals surface area contributed by atoms with Crippen LogP contribution in [0.25, 0.3) is 6.08 Å². The van der Waals surface area contributed by atoms with Gasteiger partial charge >= 0.3 is 0 Å². The number of rotatable bonds is 8. The quantitative estimate of drug-likeness (QED) is 0.409. The summed E-state index contributed by atoms with van der Waals surface area (Å²) in [5.41, 5.74) is 0.749. The van der Waals surface area contributed by atoms with Gasteiger partial charge in [0.1, 0.15) is 6.10 Å². The molecule has 2 amide bonds. The van der Waals surface area contributed by atoms with E-state index in [1.807, 2.05) is 23.1 Å². The Balaban J connectivity index is 1.33. The van der Waals surface area contributed by atoms with Gasteiger partial charge in [0, 0.05) is 82.8 Å². The lowest BCUT2D eigenvalue weighted by atomic mass is 9.94. The molecular weight excluding hydrogens is 540 g/mol. The van der Waals surface area contributed by atoms with E-state index >= 15 is 0 Å². The van der Waals surface area contributed by atoms with Gasteiger partial charge in [0.15, 0.2) is 5.82 Å². The fourth-order valence-corrected chi connectivity index (χ4v) is 7.31. The first-order valence-corrected chi connectivity index (χ1v) is 16.5. The Morgan fingerprint density at radius 1 is 0.953 bits per heavy atom. The van der Waals surface area contributed by atoms with E-state index in [9.17, 15) is 9.59 Å². The lowest BCUT2D eigenvalue weighted by Crippen LogP contribution is -2.60. The van der Waals surface area contributed by atoms with Crippen molar-refractivity contribution in [2.24, 2.45) is 11.8 Å².